The quantitative estimate of drug-likeness (QED) is 0.103. The number of hydrogen-bond acceptors (Lipinski definition) is 10. The highest BCUT2D eigenvalue weighted by Crippen LogP contribution is 2.30. The number of nitrogens with two attached hydrogens (primary N) is 4. The van der Waals surface area contributed by atoms with Crippen LogP contribution in [0.15, 0.2) is 0 Å². The molecule has 1 saturated carbocycles. The first-order valence-electron chi connectivity index (χ1n) is 17.7. The van der Waals surface area contributed by atoms with Crippen molar-refractivity contribution in [2.24, 2.45) is 46.6 Å². The number of ether oxygens (including phenoxy) is 4. The van der Waals surface area contributed by atoms with Crippen molar-refractivity contribution in [3.05, 3.63) is 0 Å². The Morgan fingerprint density at radius 3 is 1.66 bits per heavy atom. The Kier molecular flexibility index (Phi) is 18.8. The van der Waals surface area contributed by atoms with Gasteiger partial charge in [0.25, 0.3) is 0 Å². The fraction of sp³-hybridized carbons (Fsp3) is 1.00. The monoisotopic (exact) mass is 631 g/mol. The first-order chi connectivity index (χ1) is 20.8. The maximum Gasteiger partial charge on any atom is 0.176 e. The van der Waals surface area contributed by atoms with Crippen LogP contribution in [-0.4, -0.2) is 91.0 Å². The summed E-state index contributed by atoms with van der Waals surface area (Å²) < 4.78 is 25.4. The highest BCUT2D eigenvalue weighted by atomic mass is 16.7. The summed E-state index contributed by atoms with van der Waals surface area (Å²) in [5.41, 5.74) is 25.2. The molecule has 0 bridgehead atoms. The Bertz CT molecular complexity index is 749. The molecule has 44 heavy (non-hydrogen) atoms. The molecule has 1 heterocycles. The number of aliphatic hydroxyl groups excluding tert-OH is 2. The van der Waals surface area contributed by atoms with E-state index in [4.69, 9.17) is 41.9 Å². The van der Waals surface area contributed by atoms with Crippen LogP contribution in [0.3, 0.4) is 0 Å². The normalized spacial score (nSPS) is 34.5. The molecule has 0 spiro atoms. The fourth-order valence-corrected chi connectivity index (χ4v) is 6.46. The van der Waals surface area contributed by atoms with Crippen molar-refractivity contribution in [3.8, 4) is 0 Å². The van der Waals surface area contributed by atoms with Crippen molar-refractivity contribution in [1.82, 2.24) is 0 Å². The van der Waals surface area contributed by atoms with Gasteiger partial charge < -0.3 is 52.1 Å². The molecule has 1 aliphatic carbocycles. The highest BCUT2D eigenvalue weighted by molar-refractivity contribution is 5.00. The number of aliphatic hydroxyl groups is 2. The molecule has 262 valence electrons. The molecule has 10 N–H and O–H groups in total. The third-order valence-corrected chi connectivity index (χ3v) is 9.61. The Balaban J connectivity index is 2.04. The van der Waals surface area contributed by atoms with E-state index in [1.165, 1.54) is 51.4 Å². The second-order valence-corrected chi connectivity index (χ2v) is 14.8. The lowest BCUT2D eigenvalue weighted by Crippen LogP contribution is -2.68. The second-order valence-electron chi connectivity index (χ2n) is 14.8. The molecule has 0 aromatic rings. The summed E-state index contributed by atoms with van der Waals surface area (Å²) in [5.74, 6) is 2.57. The van der Waals surface area contributed by atoms with Gasteiger partial charge in [-0.05, 0) is 42.9 Å². The Morgan fingerprint density at radius 2 is 1.16 bits per heavy atom. The zero-order valence-electron chi connectivity index (χ0n) is 28.8. The minimum Gasteiger partial charge on any atom is -0.389 e. The highest BCUT2D eigenvalue weighted by Gasteiger charge is 2.49. The summed E-state index contributed by atoms with van der Waals surface area (Å²) in [4.78, 5) is 0. The third kappa shape index (κ3) is 13.4. The van der Waals surface area contributed by atoms with Gasteiger partial charge in [0.15, 0.2) is 6.29 Å². The smallest absolute Gasteiger partial charge is 0.176 e. The number of unbranched alkanes of at least 4 members (excludes halogenated alkanes) is 2. The molecule has 12 atom stereocenters. The maximum atomic E-state index is 10.7. The predicted molar refractivity (Wildman–Crippen MR) is 177 cm³/mol. The minimum absolute atomic E-state index is 0.195. The molecule has 0 radical (unpaired) electrons. The van der Waals surface area contributed by atoms with Gasteiger partial charge in [-0.25, -0.2) is 0 Å². The van der Waals surface area contributed by atoms with Crippen LogP contribution in [0.1, 0.15) is 112 Å². The van der Waals surface area contributed by atoms with E-state index in [0.717, 1.165) is 24.7 Å². The molecule has 0 aromatic carbocycles. The van der Waals surface area contributed by atoms with Crippen LogP contribution in [-0.2, 0) is 18.9 Å². The lowest BCUT2D eigenvalue weighted by atomic mass is 9.84. The third-order valence-electron chi connectivity index (χ3n) is 9.61. The Morgan fingerprint density at radius 1 is 0.659 bits per heavy atom. The lowest BCUT2D eigenvalue weighted by Gasteiger charge is -2.47. The summed E-state index contributed by atoms with van der Waals surface area (Å²) in [5, 5.41) is 21.1. The van der Waals surface area contributed by atoms with Crippen molar-refractivity contribution in [2.45, 2.75) is 173 Å². The molecule has 0 aromatic heterocycles. The fourth-order valence-electron chi connectivity index (χ4n) is 6.46. The van der Waals surface area contributed by atoms with Gasteiger partial charge in [-0.1, -0.05) is 92.9 Å². The molecule has 1 aliphatic heterocycles. The first-order valence-corrected chi connectivity index (χ1v) is 17.7. The maximum absolute atomic E-state index is 10.7. The van der Waals surface area contributed by atoms with Crippen molar-refractivity contribution in [3.63, 3.8) is 0 Å². The second kappa shape index (κ2) is 20.8. The molecule has 1 saturated heterocycles. The summed E-state index contributed by atoms with van der Waals surface area (Å²) in [6.07, 6.45) is 6.32. The van der Waals surface area contributed by atoms with E-state index in [-0.39, 0.29) is 6.54 Å². The van der Waals surface area contributed by atoms with E-state index in [1.807, 2.05) is 0 Å². The van der Waals surface area contributed by atoms with Crippen LogP contribution in [0.2, 0.25) is 0 Å². The van der Waals surface area contributed by atoms with E-state index in [9.17, 15) is 10.2 Å². The van der Waals surface area contributed by atoms with Gasteiger partial charge in [0.05, 0.1) is 12.1 Å². The topological polar surface area (TPSA) is 181 Å². The van der Waals surface area contributed by atoms with E-state index in [0.29, 0.717) is 31.5 Å². The zero-order valence-corrected chi connectivity index (χ0v) is 28.8. The molecule has 2 unspecified atom stereocenters. The van der Waals surface area contributed by atoms with E-state index < -0.39 is 61.0 Å². The molecule has 2 aliphatic rings. The van der Waals surface area contributed by atoms with Gasteiger partial charge in [-0.3, -0.25) is 0 Å². The largest absolute Gasteiger partial charge is 0.389 e. The van der Waals surface area contributed by atoms with E-state index in [1.54, 1.807) is 0 Å². The summed E-state index contributed by atoms with van der Waals surface area (Å²) in [6.45, 7) is 14.9. The average molecular weight is 631 g/mol. The zero-order chi connectivity index (χ0) is 32.8. The summed E-state index contributed by atoms with van der Waals surface area (Å²) >= 11 is 0. The molecule has 2 fully saturated rings. The summed E-state index contributed by atoms with van der Waals surface area (Å²) in [6, 6.07) is -1.91. The summed E-state index contributed by atoms with van der Waals surface area (Å²) in [7, 11) is 0. The molecule has 10 nitrogen and oxygen atoms in total. The number of rotatable bonds is 21. The van der Waals surface area contributed by atoms with Gasteiger partial charge in [-0.15, -0.1) is 0 Å². The van der Waals surface area contributed by atoms with Crippen molar-refractivity contribution in [2.75, 3.05) is 19.8 Å². The van der Waals surface area contributed by atoms with Crippen LogP contribution >= 0.6 is 0 Å². The van der Waals surface area contributed by atoms with Gasteiger partial charge in [0, 0.05) is 31.8 Å². The van der Waals surface area contributed by atoms with Gasteiger partial charge in [-0.2, -0.15) is 0 Å². The van der Waals surface area contributed by atoms with E-state index >= 15 is 0 Å². The van der Waals surface area contributed by atoms with Crippen molar-refractivity contribution in [1.29, 1.82) is 0 Å². The van der Waals surface area contributed by atoms with Gasteiger partial charge >= 0.3 is 0 Å². The van der Waals surface area contributed by atoms with E-state index in [2.05, 4.69) is 41.5 Å². The van der Waals surface area contributed by atoms with Crippen molar-refractivity contribution >= 4 is 0 Å². The molecular weight excluding hydrogens is 560 g/mol. The molecule has 2 rings (SSSR count). The van der Waals surface area contributed by atoms with Crippen LogP contribution in [0, 0.1) is 23.7 Å². The molecule has 0 amide bonds. The lowest BCUT2D eigenvalue weighted by molar-refractivity contribution is -0.298. The Hall–Kier alpha value is -0.400. The van der Waals surface area contributed by atoms with Crippen LogP contribution < -0.4 is 22.9 Å². The SMILES string of the molecule is CC(C)CCCCC(C)CCO[C@@H]1[C@@H](N)[C@@H](O[C@H]2[C@H](O)[C@@H](O)[C@H](N)C[C@@H]2N)O[C@H](CN)[C@H]1OCCC(C)CCCCC(C)C. The first kappa shape index (κ1) is 39.8. The minimum atomic E-state index is -1.26. The molecule has 10 heteroatoms. The Labute approximate surface area is 268 Å². The predicted octanol–water partition coefficient (Wildman–Crippen LogP) is 3.42. The van der Waals surface area contributed by atoms with Crippen LogP contribution in [0.5, 0.6) is 0 Å². The number of hydrogen-bond donors (Lipinski definition) is 6. The molecular formula is C34H70N4O6. The van der Waals surface area contributed by atoms with Crippen LogP contribution in [0.4, 0.5) is 0 Å². The van der Waals surface area contributed by atoms with Crippen molar-refractivity contribution < 1.29 is 29.2 Å². The standard InChI is InChI=1S/C34H70N4O6/c1-21(2)11-7-9-13-23(5)15-17-41-32-27(20-35)43-34(44-31-26(37)19-25(36)29(39)30(31)40)28(38)33(32)42-18-16-24(6)14-10-8-12-22(3)4/h21-34,39-40H,7-20,35-38H2,1-6H3/t23?,24?,25-,26+,27-,28-,29+,30-,31-,32-,33-,34-/m1/s1. The van der Waals surface area contributed by atoms with Gasteiger partial charge in [0.2, 0.25) is 0 Å². The van der Waals surface area contributed by atoms with Crippen LogP contribution in [0.25, 0.3) is 0 Å². The average Bonchev–Trinajstić information content (AvgIpc) is 2.96. The van der Waals surface area contributed by atoms with Gasteiger partial charge in [0.1, 0.15) is 30.5 Å².